The Hall–Kier alpha value is -3.77. The Morgan fingerprint density at radius 1 is 0.976 bits per heavy atom. The molecule has 2 saturated heterocycles. The van der Waals surface area contributed by atoms with E-state index in [4.69, 9.17) is 0 Å². The molecule has 0 saturated carbocycles. The monoisotopic (exact) mass is 583 g/mol. The molecule has 218 valence electrons. The molecule has 1 N–H and O–H groups in total. The lowest BCUT2D eigenvalue weighted by molar-refractivity contribution is -0.129. The van der Waals surface area contributed by atoms with Gasteiger partial charge >= 0.3 is 0 Å². The maximum absolute atomic E-state index is 15.3. The van der Waals surface area contributed by atoms with Crippen LogP contribution in [-0.2, 0) is 21.4 Å². The zero-order valence-corrected chi connectivity index (χ0v) is 24.0. The van der Waals surface area contributed by atoms with Crippen molar-refractivity contribution in [3.05, 3.63) is 64.2 Å². The number of carbonyl (C=O) groups is 2. The molecule has 0 unspecified atom stereocenters. The second-order valence-corrected chi connectivity index (χ2v) is 12.4. The number of fused-ring (bicyclic) bond motifs is 1. The molecule has 0 atom stereocenters. The number of hydrogen-bond acceptors (Lipinski definition) is 6. The van der Waals surface area contributed by atoms with Gasteiger partial charge < -0.3 is 19.7 Å². The fraction of sp³-hybridized carbons (Fsp3) is 0.414. The summed E-state index contributed by atoms with van der Waals surface area (Å²) in [5.74, 6) is -1.32. The van der Waals surface area contributed by atoms with E-state index in [-0.39, 0.29) is 27.4 Å². The van der Waals surface area contributed by atoms with Gasteiger partial charge in [0.15, 0.2) is 0 Å². The zero-order chi connectivity index (χ0) is 29.3. The highest BCUT2D eigenvalue weighted by Gasteiger charge is 2.27. The Morgan fingerprint density at radius 3 is 2.34 bits per heavy atom. The van der Waals surface area contributed by atoms with Gasteiger partial charge in [0.05, 0.1) is 16.1 Å². The van der Waals surface area contributed by atoms with Crippen LogP contribution in [0.5, 0.6) is 0 Å². The Bertz CT molecular complexity index is 1660. The Kier molecular flexibility index (Phi) is 8.14. The average Bonchev–Trinajstić information content (AvgIpc) is 2.98. The fourth-order valence-corrected chi connectivity index (χ4v) is 7.08. The number of pyridine rings is 1. The molecule has 2 aliphatic rings. The number of anilines is 2. The van der Waals surface area contributed by atoms with Crippen molar-refractivity contribution in [3.63, 3.8) is 0 Å². The summed E-state index contributed by atoms with van der Waals surface area (Å²) in [6, 6.07) is 8.77. The number of piperidine rings is 1. The highest BCUT2D eigenvalue weighted by molar-refractivity contribution is 7.89. The second-order valence-electron chi connectivity index (χ2n) is 10.4. The lowest BCUT2D eigenvalue weighted by Gasteiger charge is -2.36. The summed E-state index contributed by atoms with van der Waals surface area (Å²) in [6.45, 7) is 6.59. The van der Waals surface area contributed by atoms with Gasteiger partial charge in [-0.15, -0.1) is 0 Å². The number of amides is 2. The van der Waals surface area contributed by atoms with E-state index >= 15 is 4.39 Å². The third-order valence-corrected chi connectivity index (χ3v) is 9.74. The van der Waals surface area contributed by atoms with Crippen molar-refractivity contribution in [2.75, 3.05) is 49.5 Å². The van der Waals surface area contributed by atoms with Crippen LogP contribution in [-0.4, -0.2) is 73.3 Å². The summed E-state index contributed by atoms with van der Waals surface area (Å²) in [7, 11) is -3.71. The number of carbonyl (C=O) groups excluding carboxylic acids is 2. The van der Waals surface area contributed by atoms with Crippen LogP contribution in [0.3, 0.4) is 0 Å². The number of nitrogens with zero attached hydrogens (tertiary/aromatic N) is 4. The third kappa shape index (κ3) is 5.71. The number of aryl methyl sites for hydroxylation is 1. The van der Waals surface area contributed by atoms with E-state index in [2.05, 4.69) is 5.32 Å². The minimum absolute atomic E-state index is 0.0235. The normalized spacial score (nSPS) is 16.7. The molecule has 2 fully saturated rings. The first-order chi connectivity index (χ1) is 19.6. The minimum atomic E-state index is -3.71. The molecule has 3 heterocycles. The van der Waals surface area contributed by atoms with E-state index < -0.39 is 27.2 Å². The van der Waals surface area contributed by atoms with E-state index in [1.54, 1.807) is 27.7 Å². The van der Waals surface area contributed by atoms with Gasteiger partial charge in [0.2, 0.25) is 21.4 Å². The molecule has 0 bridgehead atoms. The number of rotatable bonds is 6. The molecule has 2 amide bonds. The summed E-state index contributed by atoms with van der Waals surface area (Å²) >= 11 is 0. The van der Waals surface area contributed by atoms with Crippen molar-refractivity contribution in [3.8, 4) is 0 Å². The van der Waals surface area contributed by atoms with Crippen molar-refractivity contribution in [2.24, 2.45) is 0 Å². The number of hydrogen-bond donors (Lipinski definition) is 1. The van der Waals surface area contributed by atoms with Crippen LogP contribution in [0.1, 0.15) is 43.5 Å². The first-order valence-corrected chi connectivity index (χ1v) is 15.3. The van der Waals surface area contributed by atoms with Crippen molar-refractivity contribution >= 4 is 44.1 Å². The summed E-state index contributed by atoms with van der Waals surface area (Å²) in [5, 5.41) is 2.73. The number of halogens is 1. The predicted octanol–water partition coefficient (Wildman–Crippen LogP) is 3.26. The lowest BCUT2D eigenvalue weighted by atomic mass is 10.1. The van der Waals surface area contributed by atoms with Crippen LogP contribution < -0.4 is 15.6 Å². The van der Waals surface area contributed by atoms with Crippen LogP contribution >= 0.6 is 0 Å². The standard InChI is InChI=1S/C29H34FN5O5S/c1-3-32-19-24(29(38)31-21-8-7-9-22(16-21)41(39,40)35-10-5-4-6-11-35)28(37)23-17-25(30)27(18-26(23)32)34-14-12-33(13-15-34)20(2)36/h7-9,16-19H,3-6,10-15H2,1-2H3,(H,31,38). The lowest BCUT2D eigenvalue weighted by Crippen LogP contribution is -2.48. The van der Waals surface area contributed by atoms with Crippen LogP contribution in [0.15, 0.2) is 52.3 Å². The first-order valence-electron chi connectivity index (χ1n) is 13.9. The molecule has 10 nitrogen and oxygen atoms in total. The fourth-order valence-electron chi connectivity index (χ4n) is 5.51. The molecule has 2 aliphatic heterocycles. The highest BCUT2D eigenvalue weighted by atomic mass is 32.2. The number of aromatic nitrogens is 1. The van der Waals surface area contributed by atoms with E-state index in [0.717, 1.165) is 19.3 Å². The summed E-state index contributed by atoms with van der Waals surface area (Å²) in [6.07, 6.45) is 4.05. The smallest absolute Gasteiger partial charge is 0.261 e. The molecule has 5 rings (SSSR count). The summed E-state index contributed by atoms with van der Waals surface area (Å²) in [4.78, 5) is 42.0. The molecule has 41 heavy (non-hydrogen) atoms. The van der Waals surface area contributed by atoms with Crippen molar-refractivity contribution in [1.29, 1.82) is 0 Å². The minimum Gasteiger partial charge on any atom is -0.366 e. The highest BCUT2D eigenvalue weighted by Crippen LogP contribution is 2.27. The van der Waals surface area contributed by atoms with E-state index in [1.165, 1.54) is 35.6 Å². The molecule has 0 spiro atoms. The molecule has 0 radical (unpaired) electrons. The van der Waals surface area contributed by atoms with E-state index in [1.807, 2.05) is 11.8 Å². The van der Waals surface area contributed by atoms with Gasteiger partial charge in [0.1, 0.15) is 11.4 Å². The van der Waals surface area contributed by atoms with Gasteiger partial charge in [0, 0.05) is 70.0 Å². The maximum atomic E-state index is 15.3. The molecule has 12 heteroatoms. The van der Waals surface area contributed by atoms with Gasteiger partial charge in [-0.2, -0.15) is 4.31 Å². The molecule has 2 aromatic carbocycles. The van der Waals surface area contributed by atoms with Crippen LogP contribution in [0, 0.1) is 5.82 Å². The largest absolute Gasteiger partial charge is 0.366 e. The Morgan fingerprint density at radius 2 is 1.68 bits per heavy atom. The van der Waals surface area contributed by atoms with Crippen LogP contribution in [0.25, 0.3) is 10.9 Å². The average molecular weight is 584 g/mol. The zero-order valence-electron chi connectivity index (χ0n) is 23.2. The molecule has 0 aliphatic carbocycles. The first kappa shape index (κ1) is 28.7. The topological polar surface area (TPSA) is 112 Å². The maximum Gasteiger partial charge on any atom is 0.261 e. The Labute approximate surface area is 238 Å². The molecule has 3 aromatic rings. The van der Waals surface area contributed by atoms with Crippen molar-refractivity contribution < 1.29 is 22.4 Å². The summed E-state index contributed by atoms with van der Waals surface area (Å²) in [5.41, 5.74) is 0.277. The van der Waals surface area contributed by atoms with Gasteiger partial charge in [0.25, 0.3) is 5.91 Å². The number of sulfonamides is 1. The van der Waals surface area contributed by atoms with Crippen molar-refractivity contribution in [2.45, 2.75) is 44.6 Å². The van der Waals surface area contributed by atoms with Crippen LogP contribution in [0.2, 0.25) is 0 Å². The number of nitrogens with one attached hydrogen (secondary N) is 1. The molecular weight excluding hydrogens is 549 g/mol. The summed E-state index contributed by atoms with van der Waals surface area (Å²) < 4.78 is 44.7. The van der Waals surface area contributed by atoms with Gasteiger partial charge in [-0.25, -0.2) is 12.8 Å². The molecular formula is C29H34FN5O5S. The number of piperazine rings is 1. The van der Waals surface area contributed by atoms with E-state index in [9.17, 15) is 22.8 Å². The van der Waals surface area contributed by atoms with E-state index in [0.29, 0.717) is 57.0 Å². The SMILES string of the molecule is CCn1cc(C(=O)Nc2cccc(S(=O)(=O)N3CCCCC3)c2)c(=O)c2cc(F)c(N3CCN(C(C)=O)CC3)cc21. The Balaban J connectivity index is 1.43. The quantitative estimate of drug-likeness (QED) is 0.477. The third-order valence-electron chi connectivity index (χ3n) is 7.84. The number of benzene rings is 2. The van der Waals surface area contributed by atoms with Gasteiger partial charge in [-0.05, 0) is 50.1 Å². The second kappa shape index (κ2) is 11.6. The predicted molar refractivity (Wildman–Crippen MR) is 155 cm³/mol. The van der Waals surface area contributed by atoms with Crippen molar-refractivity contribution in [1.82, 2.24) is 13.8 Å². The van der Waals surface area contributed by atoms with Crippen LogP contribution in [0.4, 0.5) is 15.8 Å². The van der Waals surface area contributed by atoms with Gasteiger partial charge in [-0.3, -0.25) is 14.4 Å². The molecule has 1 aromatic heterocycles. The van der Waals surface area contributed by atoms with Gasteiger partial charge in [-0.1, -0.05) is 12.5 Å².